The molecule has 0 aromatic carbocycles. The molecule has 1 aromatic heterocycles. The topological polar surface area (TPSA) is 25.2 Å². The SMILES string of the molecule is CCN1CCC(Cn2c(C)cc(C(=O)C(C)Cl)c2C)C1. The predicted octanol–water partition coefficient (Wildman–Crippen LogP) is 3.26. The van der Waals surface area contributed by atoms with Crippen LogP contribution in [0.25, 0.3) is 0 Å². The third-order valence-electron chi connectivity index (χ3n) is 4.46. The maximum atomic E-state index is 12.1. The standard InChI is InChI=1S/C16H25ClN2O/c1-5-18-7-6-14(9-18)10-19-11(2)8-15(13(19)4)16(20)12(3)17/h8,12,14H,5-7,9-10H2,1-4H3. The molecule has 112 valence electrons. The first-order valence-electron chi connectivity index (χ1n) is 7.51. The van der Waals surface area contributed by atoms with Gasteiger partial charge in [0.25, 0.3) is 0 Å². The van der Waals surface area contributed by atoms with E-state index in [0.29, 0.717) is 5.92 Å². The Kier molecular flexibility index (Phi) is 4.92. The average Bonchev–Trinajstić information content (AvgIpc) is 2.97. The van der Waals surface area contributed by atoms with Gasteiger partial charge in [0.05, 0.1) is 5.38 Å². The molecule has 20 heavy (non-hydrogen) atoms. The fourth-order valence-corrected chi connectivity index (χ4v) is 3.27. The highest BCUT2D eigenvalue weighted by Gasteiger charge is 2.24. The van der Waals surface area contributed by atoms with Crippen molar-refractivity contribution in [2.24, 2.45) is 5.92 Å². The fraction of sp³-hybridized carbons (Fsp3) is 0.688. The Hall–Kier alpha value is -0.800. The molecule has 2 heterocycles. The third-order valence-corrected chi connectivity index (χ3v) is 4.66. The number of halogens is 1. The second-order valence-corrected chi connectivity index (χ2v) is 6.58. The van der Waals surface area contributed by atoms with Crippen molar-refractivity contribution in [3.63, 3.8) is 0 Å². The van der Waals surface area contributed by atoms with Crippen LogP contribution in [0.2, 0.25) is 0 Å². The highest BCUT2D eigenvalue weighted by Crippen LogP contribution is 2.23. The van der Waals surface area contributed by atoms with E-state index in [1.807, 2.05) is 13.0 Å². The van der Waals surface area contributed by atoms with Crippen molar-refractivity contribution in [1.29, 1.82) is 0 Å². The normalized spacial score (nSPS) is 21.4. The summed E-state index contributed by atoms with van der Waals surface area (Å²) in [5, 5.41) is -0.453. The second kappa shape index (κ2) is 6.31. The quantitative estimate of drug-likeness (QED) is 0.615. The summed E-state index contributed by atoms with van der Waals surface area (Å²) >= 11 is 5.94. The van der Waals surface area contributed by atoms with Gasteiger partial charge in [0.15, 0.2) is 5.78 Å². The molecule has 0 bridgehead atoms. The zero-order valence-electron chi connectivity index (χ0n) is 12.9. The summed E-state index contributed by atoms with van der Waals surface area (Å²) in [7, 11) is 0. The summed E-state index contributed by atoms with van der Waals surface area (Å²) in [6, 6.07) is 1.99. The minimum atomic E-state index is -0.453. The Morgan fingerprint density at radius 2 is 2.20 bits per heavy atom. The zero-order valence-corrected chi connectivity index (χ0v) is 13.7. The van der Waals surface area contributed by atoms with Crippen molar-refractivity contribution >= 4 is 17.4 Å². The van der Waals surface area contributed by atoms with Crippen molar-refractivity contribution in [2.45, 2.75) is 46.0 Å². The number of carbonyl (C=O) groups is 1. The average molecular weight is 297 g/mol. The van der Waals surface area contributed by atoms with Crippen molar-refractivity contribution < 1.29 is 4.79 Å². The Morgan fingerprint density at radius 1 is 1.50 bits per heavy atom. The number of nitrogens with zero attached hydrogens (tertiary/aromatic N) is 2. The second-order valence-electron chi connectivity index (χ2n) is 5.92. The van der Waals surface area contributed by atoms with E-state index in [0.717, 1.165) is 30.0 Å². The third kappa shape index (κ3) is 3.09. The van der Waals surface area contributed by atoms with Crippen LogP contribution in [0.5, 0.6) is 0 Å². The Morgan fingerprint density at radius 3 is 2.75 bits per heavy atom. The van der Waals surface area contributed by atoms with Gasteiger partial charge in [-0.3, -0.25) is 4.79 Å². The molecule has 1 fully saturated rings. The fourth-order valence-electron chi connectivity index (χ4n) is 3.15. The molecule has 0 N–H and O–H groups in total. The smallest absolute Gasteiger partial charge is 0.182 e. The number of rotatable bonds is 5. The molecular formula is C16H25ClN2O. The summed E-state index contributed by atoms with van der Waals surface area (Å²) in [5.74, 6) is 0.726. The number of carbonyl (C=O) groups excluding carboxylic acids is 1. The number of ketones is 1. The summed E-state index contributed by atoms with van der Waals surface area (Å²) in [6.45, 7) is 12.6. The minimum absolute atomic E-state index is 0.0348. The molecule has 1 aliphatic heterocycles. The summed E-state index contributed by atoms with van der Waals surface area (Å²) in [4.78, 5) is 14.6. The lowest BCUT2D eigenvalue weighted by Gasteiger charge is -2.16. The Labute approximate surface area is 126 Å². The van der Waals surface area contributed by atoms with E-state index in [1.54, 1.807) is 6.92 Å². The number of hydrogen-bond donors (Lipinski definition) is 0. The van der Waals surface area contributed by atoms with Crippen molar-refractivity contribution in [1.82, 2.24) is 9.47 Å². The van der Waals surface area contributed by atoms with E-state index in [2.05, 4.69) is 23.3 Å². The molecule has 4 heteroatoms. The minimum Gasteiger partial charge on any atom is -0.348 e. The van der Waals surface area contributed by atoms with Crippen LogP contribution in [0, 0.1) is 19.8 Å². The van der Waals surface area contributed by atoms with Gasteiger partial charge in [-0.1, -0.05) is 6.92 Å². The molecule has 0 saturated carbocycles. The lowest BCUT2D eigenvalue weighted by molar-refractivity contribution is 0.0991. The Bertz CT molecular complexity index is 493. The van der Waals surface area contributed by atoms with Crippen LogP contribution >= 0.6 is 11.6 Å². The zero-order chi connectivity index (χ0) is 14.9. The highest BCUT2D eigenvalue weighted by molar-refractivity contribution is 6.33. The van der Waals surface area contributed by atoms with Crippen LogP contribution in [0.4, 0.5) is 0 Å². The van der Waals surface area contributed by atoms with Crippen molar-refractivity contribution in [2.75, 3.05) is 19.6 Å². The summed E-state index contributed by atoms with van der Waals surface area (Å²) < 4.78 is 2.29. The summed E-state index contributed by atoms with van der Waals surface area (Å²) in [5.41, 5.74) is 3.02. The lowest BCUT2D eigenvalue weighted by Crippen LogP contribution is -2.22. The van der Waals surface area contributed by atoms with Gasteiger partial charge in [-0.25, -0.2) is 0 Å². The van der Waals surface area contributed by atoms with Crippen LogP contribution in [-0.4, -0.2) is 40.3 Å². The molecule has 0 amide bonds. The number of Topliss-reactive ketones (excluding diaryl/α,β-unsaturated/α-hetero) is 1. The van der Waals surface area contributed by atoms with Gasteiger partial charge in [-0.2, -0.15) is 0 Å². The Balaban J connectivity index is 2.15. The van der Waals surface area contributed by atoms with Gasteiger partial charge in [0.1, 0.15) is 0 Å². The molecule has 0 radical (unpaired) electrons. The van der Waals surface area contributed by atoms with Gasteiger partial charge in [-0.15, -0.1) is 11.6 Å². The molecule has 1 aliphatic rings. The number of aromatic nitrogens is 1. The summed E-state index contributed by atoms with van der Waals surface area (Å²) in [6.07, 6.45) is 1.25. The van der Waals surface area contributed by atoms with Gasteiger partial charge in [0, 0.05) is 30.0 Å². The van der Waals surface area contributed by atoms with Crippen LogP contribution in [-0.2, 0) is 6.54 Å². The van der Waals surface area contributed by atoms with E-state index in [9.17, 15) is 4.79 Å². The molecule has 1 saturated heterocycles. The van der Waals surface area contributed by atoms with E-state index in [-0.39, 0.29) is 5.78 Å². The molecule has 0 aliphatic carbocycles. The lowest BCUT2D eigenvalue weighted by atomic mass is 10.1. The predicted molar refractivity (Wildman–Crippen MR) is 83.8 cm³/mol. The number of hydrogen-bond acceptors (Lipinski definition) is 2. The number of alkyl halides is 1. The van der Waals surface area contributed by atoms with E-state index in [4.69, 9.17) is 11.6 Å². The highest BCUT2D eigenvalue weighted by atomic mass is 35.5. The van der Waals surface area contributed by atoms with E-state index >= 15 is 0 Å². The molecule has 1 aromatic rings. The van der Waals surface area contributed by atoms with Crippen LogP contribution in [0.15, 0.2) is 6.07 Å². The van der Waals surface area contributed by atoms with E-state index < -0.39 is 5.38 Å². The van der Waals surface area contributed by atoms with Gasteiger partial charge in [-0.05, 0) is 52.3 Å². The first-order valence-corrected chi connectivity index (χ1v) is 7.95. The van der Waals surface area contributed by atoms with Gasteiger partial charge >= 0.3 is 0 Å². The molecule has 2 atom stereocenters. The number of aryl methyl sites for hydroxylation is 1. The first kappa shape index (κ1) is 15.6. The first-order chi connectivity index (χ1) is 9.43. The monoisotopic (exact) mass is 296 g/mol. The molecule has 2 rings (SSSR count). The maximum Gasteiger partial charge on any atom is 0.182 e. The largest absolute Gasteiger partial charge is 0.348 e. The maximum absolute atomic E-state index is 12.1. The van der Waals surface area contributed by atoms with Crippen molar-refractivity contribution in [3.05, 3.63) is 23.0 Å². The molecular weight excluding hydrogens is 272 g/mol. The van der Waals surface area contributed by atoms with Crippen LogP contribution in [0.1, 0.15) is 42.0 Å². The number of likely N-dealkylation sites (tertiary alicyclic amines) is 1. The van der Waals surface area contributed by atoms with Gasteiger partial charge < -0.3 is 9.47 Å². The van der Waals surface area contributed by atoms with Gasteiger partial charge in [0.2, 0.25) is 0 Å². The molecule has 2 unspecified atom stereocenters. The van der Waals surface area contributed by atoms with E-state index in [1.165, 1.54) is 19.5 Å². The van der Waals surface area contributed by atoms with Crippen LogP contribution < -0.4 is 0 Å². The van der Waals surface area contributed by atoms with Crippen molar-refractivity contribution in [3.8, 4) is 0 Å². The van der Waals surface area contributed by atoms with Crippen LogP contribution in [0.3, 0.4) is 0 Å². The molecule has 3 nitrogen and oxygen atoms in total. The molecule has 0 spiro atoms.